The molecule has 1 aliphatic rings. The van der Waals surface area contributed by atoms with Crippen molar-refractivity contribution in [2.75, 3.05) is 13.1 Å². The number of nitriles is 1. The van der Waals surface area contributed by atoms with Crippen molar-refractivity contribution in [2.24, 2.45) is 5.92 Å². The van der Waals surface area contributed by atoms with Crippen LogP contribution in [0.2, 0.25) is 0 Å². The standard InChI is InChI=1S/C15H15F4N3O/c16-13-6-12(15(17,18)19)4-3-11(13)8-21-14(23)22-5-1-2-10(7-20)9-22/h3-4,6,10H,1-2,5,8-9H2,(H,21,23)/t10-/m0/s1. The molecule has 8 heteroatoms. The van der Waals surface area contributed by atoms with E-state index in [-0.39, 0.29) is 18.0 Å². The maximum atomic E-state index is 13.7. The molecular formula is C15H15F4N3O. The summed E-state index contributed by atoms with van der Waals surface area (Å²) in [4.78, 5) is 13.4. The maximum absolute atomic E-state index is 13.7. The van der Waals surface area contributed by atoms with Crippen molar-refractivity contribution < 1.29 is 22.4 Å². The van der Waals surface area contributed by atoms with Gasteiger partial charge in [-0.1, -0.05) is 6.07 Å². The van der Waals surface area contributed by atoms with Crippen LogP contribution >= 0.6 is 0 Å². The van der Waals surface area contributed by atoms with Crippen molar-refractivity contribution in [1.82, 2.24) is 10.2 Å². The van der Waals surface area contributed by atoms with E-state index in [1.807, 2.05) is 0 Å². The van der Waals surface area contributed by atoms with E-state index in [0.717, 1.165) is 18.6 Å². The van der Waals surface area contributed by atoms with Gasteiger partial charge in [-0.25, -0.2) is 9.18 Å². The van der Waals surface area contributed by atoms with Gasteiger partial charge in [0.05, 0.1) is 17.6 Å². The highest BCUT2D eigenvalue weighted by atomic mass is 19.4. The molecule has 1 heterocycles. The van der Waals surface area contributed by atoms with Crippen LogP contribution in [-0.2, 0) is 12.7 Å². The molecule has 1 aromatic rings. The molecule has 0 radical (unpaired) electrons. The second-order valence-corrected chi connectivity index (χ2v) is 5.38. The molecule has 0 spiro atoms. The van der Waals surface area contributed by atoms with E-state index in [4.69, 9.17) is 5.26 Å². The lowest BCUT2D eigenvalue weighted by molar-refractivity contribution is -0.137. The number of amides is 2. The summed E-state index contributed by atoms with van der Waals surface area (Å²) in [5.74, 6) is -1.24. The number of carbonyl (C=O) groups is 1. The fourth-order valence-corrected chi connectivity index (χ4v) is 2.42. The number of likely N-dealkylation sites (tertiary alicyclic amines) is 1. The molecule has 2 amide bonds. The van der Waals surface area contributed by atoms with Gasteiger partial charge in [-0.2, -0.15) is 18.4 Å². The Kier molecular flexibility index (Phi) is 5.08. The smallest absolute Gasteiger partial charge is 0.334 e. The van der Waals surface area contributed by atoms with Gasteiger partial charge in [0, 0.05) is 25.2 Å². The van der Waals surface area contributed by atoms with E-state index in [1.54, 1.807) is 0 Å². The monoisotopic (exact) mass is 329 g/mol. The van der Waals surface area contributed by atoms with Gasteiger partial charge < -0.3 is 10.2 Å². The van der Waals surface area contributed by atoms with Crippen LogP contribution in [0, 0.1) is 23.1 Å². The van der Waals surface area contributed by atoms with Crippen molar-refractivity contribution in [1.29, 1.82) is 5.26 Å². The first-order valence-electron chi connectivity index (χ1n) is 7.09. The average Bonchev–Trinajstić information content (AvgIpc) is 2.52. The summed E-state index contributed by atoms with van der Waals surface area (Å²) in [6.45, 7) is 0.591. The van der Waals surface area contributed by atoms with Crippen LogP contribution in [0.15, 0.2) is 18.2 Å². The fourth-order valence-electron chi connectivity index (χ4n) is 2.42. The first kappa shape index (κ1) is 17.1. The Labute approximate surface area is 130 Å². The number of carbonyl (C=O) groups excluding carboxylic acids is 1. The molecule has 1 aliphatic heterocycles. The van der Waals surface area contributed by atoms with Crippen LogP contribution < -0.4 is 5.32 Å². The second-order valence-electron chi connectivity index (χ2n) is 5.38. The van der Waals surface area contributed by atoms with Crippen molar-refractivity contribution in [2.45, 2.75) is 25.6 Å². The third kappa shape index (κ3) is 4.34. The van der Waals surface area contributed by atoms with Crippen molar-refractivity contribution in [3.63, 3.8) is 0 Å². The van der Waals surface area contributed by atoms with Crippen LogP contribution in [0.25, 0.3) is 0 Å². The van der Waals surface area contributed by atoms with E-state index in [2.05, 4.69) is 11.4 Å². The predicted octanol–water partition coefficient (Wildman–Crippen LogP) is 3.29. The predicted molar refractivity (Wildman–Crippen MR) is 73.5 cm³/mol. The van der Waals surface area contributed by atoms with Crippen molar-refractivity contribution in [3.05, 3.63) is 35.1 Å². The number of nitrogens with zero attached hydrogens (tertiary/aromatic N) is 2. The highest BCUT2D eigenvalue weighted by Crippen LogP contribution is 2.30. The molecule has 1 saturated heterocycles. The molecule has 124 valence electrons. The number of piperidine rings is 1. The molecular weight excluding hydrogens is 314 g/mol. The minimum absolute atomic E-state index is 0.0276. The van der Waals surface area contributed by atoms with Crippen LogP contribution in [0.1, 0.15) is 24.0 Å². The Morgan fingerprint density at radius 2 is 2.17 bits per heavy atom. The molecule has 0 aliphatic carbocycles. The lowest BCUT2D eigenvalue weighted by atomic mass is 10.0. The Bertz CT molecular complexity index is 624. The average molecular weight is 329 g/mol. The van der Waals surface area contributed by atoms with Crippen LogP contribution in [0.4, 0.5) is 22.4 Å². The molecule has 4 nitrogen and oxygen atoms in total. The first-order chi connectivity index (χ1) is 10.8. The summed E-state index contributed by atoms with van der Waals surface area (Å²) in [7, 11) is 0. The highest BCUT2D eigenvalue weighted by molar-refractivity contribution is 5.74. The quantitative estimate of drug-likeness (QED) is 0.847. The van der Waals surface area contributed by atoms with Gasteiger partial charge in [0.2, 0.25) is 0 Å². The Morgan fingerprint density at radius 3 is 2.78 bits per heavy atom. The second kappa shape index (κ2) is 6.86. The largest absolute Gasteiger partial charge is 0.416 e. The van der Waals surface area contributed by atoms with Gasteiger partial charge in [0.15, 0.2) is 0 Å². The van der Waals surface area contributed by atoms with Crippen molar-refractivity contribution in [3.8, 4) is 6.07 Å². The van der Waals surface area contributed by atoms with E-state index >= 15 is 0 Å². The van der Waals surface area contributed by atoms with E-state index in [9.17, 15) is 22.4 Å². The molecule has 0 bridgehead atoms. The zero-order valence-electron chi connectivity index (χ0n) is 12.2. The number of benzene rings is 1. The SMILES string of the molecule is N#C[C@@H]1CCCN(C(=O)NCc2ccc(C(F)(F)F)cc2F)C1. The molecule has 1 aromatic carbocycles. The molecule has 1 N–H and O–H groups in total. The molecule has 0 aromatic heterocycles. The van der Waals surface area contributed by atoms with Crippen LogP contribution in [-0.4, -0.2) is 24.0 Å². The summed E-state index contributed by atoms with van der Waals surface area (Å²) >= 11 is 0. The summed E-state index contributed by atoms with van der Waals surface area (Å²) < 4.78 is 51.1. The number of halogens is 4. The lowest BCUT2D eigenvalue weighted by Gasteiger charge is -2.29. The van der Waals surface area contributed by atoms with Gasteiger partial charge in [0.25, 0.3) is 0 Å². The number of nitrogens with one attached hydrogen (secondary N) is 1. The lowest BCUT2D eigenvalue weighted by Crippen LogP contribution is -2.45. The normalized spacial score (nSPS) is 18.4. The molecule has 1 atom stereocenters. The van der Waals surface area contributed by atoms with Crippen LogP contribution in [0.5, 0.6) is 0 Å². The fraction of sp³-hybridized carbons (Fsp3) is 0.467. The molecule has 2 rings (SSSR count). The third-order valence-electron chi connectivity index (χ3n) is 3.70. The molecule has 0 unspecified atom stereocenters. The first-order valence-corrected chi connectivity index (χ1v) is 7.09. The summed E-state index contributed by atoms with van der Waals surface area (Å²) in [6, 6.07) is 3.84. The van der Waals surface area contributed by atoms with E-state index in [0.29, 0.717) is 25.6 Å². The number of hydrogen-bond donors (Lipinski definition) is 1. The minimum atomic E-state index is -4.61. The summed E-state index contributed by atoms with van der Waals surface area (Å²) in [5.41, 5.74) is -1.10. The third-order valence-corrected chi connectivity index (χ3v) is 3.70. The number of urea groups is 1. The maximum Gasteiger partial charge on any atom is 0.416 e. The number of hydrogen-bond acceptors (Lipinski definition) is 2. The molecule has 0 saturated carbocycles. The van der Waals surface area contributed by atoms with Gasteiger partial charge in [-0.3, -0.25) is 0 Å². The summed E-state index contributed by atoms with van der Waals surface area (Å²) in [6.07, 6.45) is -3.17. The summed E-state index contributed by atoms with van der Waals surface area (Å²) in [5, 5.41) is 11.3. The van der Waals surface area contributed by atoms with Crippen LogP contribution in [0.3, 0.4) is 0 Å². The zero-order valence-corrected chi connectivity index (χ0v) is 12.2. The van der Waals surface area contributed by atoms with Gasteiger partial charge >= 0.3 is 12.2 Å². The Hall–Kier alpha value is -2.30. The van der Waals surface area contributed by atoms with Gasteiger partial charge in [0.1, 0.15) is 5.82 Å². The van der Waals surface area contributed by atoms with E-state index in [1.165, 1.54) is 4.90 Å². The van der Waals surface area contributed by atoms with Crippen molar-refractivity contribution >= 4 is 6.03 Å². The Morgan fingerprint density at radius 1 is 1.43 bits per heavy atom. The van der Waals surface area contributed by atoms with Gasteiger partial charge in [-0.15, -0.1) is 0 Å². The number of alkyl halides is 3. The van der Waals surface area contributed by atoms with E-state index < -0.39 is 23.6 Å². The molecule has 1 fully saturated rings. The zero-order chi connectivity index (χ0) is 17.0. The Balaban J connectivity index is 1.95. The molecule has 23 heavy (non-hydrogen) atoms. The number of rotatable bonds is 2. The topological polar surface area (TPSA) is 56.1 Å². The highest BCUT2D eigenvalue weighted by Gasteiger charge is 2.31. The minimum Gasteiger partial charge on any atom is -0.334 e. The van der Waals surface area contributed by atoms with Gasteiger partial charge in [-0.05, 0) is 25.0 Å².